The van der Waals surface area contributed by atoms with E-state index in [-0.39, 0.29) is 0 Å². The molecule has 0 heterocycles. The molecule has 78 valence electrons. The summed E-state index contributed by atoms with van der Waals surface area (Å²) in [4.78, 5) is 0. The lowest BCUT2D eigenvalue weighted by Gasteiger charge is -2.29. The van der Waals surface area contributed by atoms with E-state index in [2.05, 4.69) is 31.2 Å². The molecule has 2 atom stereocenters. The Hall–Kier alpha value is -0.715. The first-order valence-electron chi connectivity index (χ1n) is 6.10. The number of hydrogen-bond donors (Lipinski definition) is 0. The second-order valence-electron chi connectivity index (χ2n) is 4.81. The van der Waals surface area contributed by atoms with Crippen molar-refractivity contribution >= 4 is 7.85 Å². The van der Waals surface area contributed by atoms with Gasteiger partial charge in [-0.2, -0.15) is 0 Å². The molecule has 0 N–H and O–H groups in total. The molecule has 0 nitrogen and oxygen atoms in total. The van der Waals surface area contributed by atoms with Crippen LogP contribution in [0.25, 0.3) is 0 Å². The Kier molecular flexibility index (Phi) is 3.51. The lowest BCUT2D eigenvalue weighted by molar-refractivity contribution is 0.330. The van der Waals surface area contributed by atoms with Gasteiger partial charge in [0.1, 0.15) is 0 Å². The molecule has 2 rings (SSSR count). The van der Waals surface area contributed by atoms with E-state index in [0.29, 0.717) is 6.32 Å². The topological polar surface area (TPSA) is 0 Å². The van der Waals surface area contributed by atoms with E-state index in [1.807, 2.05) is 0 Å². The molecule has 1 aliphatic carbocycles. The first kappa shape index (κ1) is 10.8. The third kappa shape index (κ3) is 2.45. The van der Waals surface area contributed by atoms with Crippen LogP contribution in [-0.2, 0) is 6.32 Å². The molecule has 1 aromatic carbocycles. The summed E-state index contributed by atoms with van der Waals surface area (Å²) in [7, 11) is 5.61. The van der Waals surface area contributed by atoms with Gasteiger partial charge in [0, 0.05) is 0 Å². The van der Waals surface area contributed by atoms with Crippen LogP contribution in [-0.4, -0.2) is 7.85 Å². The van der Waals surface area contributed by atoms with Gasteiger partial charge < -0.3 is 0 Å². The second-order valence-corrected chi connectivity index (χ2v) is 4.81. The summed E-state index contributed by atoms with van der Waals surface area (Å²) in [5.41, 5.74) is 2.75. The van der Waals surface area contributed by atoms with Crippen LogP contribution in [0.4, 0.5) is 0 Å². The summed E-state index contributed by atoms with van der Waals surface area (Å²) in [5, 5.41) is 0. The third-order valence-corrected chi connectivity index (χ3v) is 3.76. The fraction of sp³-hybridized carbons (Fsp3) is 0.571. The van der Waals surface area contributed by atoms with Gasteiger partial charge >= 0.3 is 0 Å². The molecule has 2 radical (unpaired) electrons. The molecule has 0 amide bonds. The summed E-state index contributed by atoms with van der Waals surface area (Å²) in [6.45, 7) is 2.39. The van der Waals surface area contributed by atoms with Gasteiger partial charge in [-0.05, 0) is 23.8 Å². The minimum atomic E-state index is 0.653. The van der Waals surface area contributed by atoms with Crippen LogP contribution in [0, 0.1) is 5.92 Å². The Morgan fingerprint density at radius 1 is 1.13 bits per heavy atom. The molecular formula is C14H19B. The van der Waals surface area contributed by atoms with Crippen molar-refractivity contribution in [1.82, 2.24) is 0 Å². The Morgan fingerprint density at radius 2 is 1.80 bits per heavy atom. The smallest absolute Gasteiger partial charge is 0.0643 e. The van der Waals surface area contributed by atoms with Gasteiger partial charge in [0.15, 0.2) is 0 Å². The van der Waals surface area contributed by atoms with Crippen molar-refractivity contribution in [1.29, 1.82) is 0 Å². The maximum atomic E-state index is 5.61. The second kappa shape index (κ2) is 4.87. The standard InChI is InChI=1S/C14H19B/c1-11-4-2-3-5-14(11)13-8-6-12(10-15)7-9-13/h6-9,11,14H,2-5,10H2,1H3/t11-,14-/m0/s1. The lowest BCUT2D eigenvalue weighted by Crippen LogP contribution is -2.14. The highest BCUT2D eigenvalue weighted by molar-refractivity contribution is 6.08. The lowest BCUT2D eigenvalue weighted by atomic mass is 9.76. The molecule has 0 bridgehead atoms. The highest BCUT2D eigenvalue weighted by Crippen LogP contribution is 2.37. The molecule has 0 aliphatic heterocycles. The van der Waals surface area contributed by atoms with Gasteiger partial charge in [-0.3, -0.25) is 0 Å². The Bertz CT molecular complexity index is 302. The van der Waals surface area contributed by atoms with E-state index < -0.39 is 0 Å². The first-order valence-corrected chi connectivity index (χ1v) is 6.10. The molecule has 15 heavy (non-hydrogen) atoms. The summed E-state index contributed by atoms with van der Waals surface area (Å²) < 4.78 is 0. The van der Waals surface area contributed by atoms with E-state index >= 15 is 0 Å². The molecule has 0 saturated heterocycles. The van der Waals surface area contributed by atoms with Crippen molar-refractivity contribution in [2.24, 2.45) is 5.92 Å². The summed E-state index contributed by atoms with van der Waals surface area (Å²) in [6.07, 6.45) is 6.22. The zero-order chi connectivity index (χ0) is 10.7. The molecule has 1 saturated carbocycles. The van der Waals surface area contributed by atoms with E-state index in [1.54, 1.807) is 0 Å². The fourth-order valence-corrected chi connectivity index (χ4v) is 2.71. The molecule has 0 aromatic heterocycles. The van der Waals surface area contributed by atoms with Crippen molar-refractivity contribution in [2.45, 2.75) is 44.8 Å². The monoisotopic (exact) mass is 198 g/mol. The maximum Gasteiger partial charge on any atom is 0.0716 e. The molecule has 1 aliphatic rings. The maximum absolute atomic E-state index is 5.61. The van der Waals surface area contributed by atoms with Gasteiger partial charge in [-0.25, -0.2) is 0 Å². The SMILES string of the molecule is [B]Cc1ccc([C@H]2CCCC[C@@H]2C)cc1. The molecule has 0 spiro atoms. The Balaban J connectivity index is 2.13. The van der Waals surface area contributed by atoms with E-state index in [0.717, 1.165) is 11.8 Å². The predicted octanol–water partition coefficient (Wildman–Crippen LogP) is 3.65. The Labute approximate surface area is 94.5 Å². The molecule has 1 fully saturated rings. The van der Waals surface area contributed by atoms with Crippen LogP contribution in [0.1, 0.15) is 49.7 Å². The Morgan fingerprint density at radius 3 is 2.40 bits per heavy atom. The van der Waals surface area contributed by atoms with Crippen molar-refractivity contribution in [3.8, 4) is 0 Å². The summed E-state index contributed by atoms with van der Waals surface area (Å²) >= 11 is 0. The minimum Gasteiger partial charge on any atom is -0.0643 e. The summed E-state index contributed by atoms with van der Waals surface area (Å²) in [6, 6.07) is 8.90. The number of rotatable bonds is 2. The van der Waals surface area contributed by atoms with E-state index in [4.69, 9.17) is 7.85 Å². The molecule has 1 heteroatoms. The minimum absolute atomic E-state index is 0.653. The van der Waals surface area contributed by atoms with Crippen LogP contribution >= 0.6 is 0 Å². The van der Waals surface area contributed by atoms with Gasteiger partial charge in [0.2, 0.25) is 0 Å². The molecule has 0 unspecified atom stereocenters. The van der Waals surface area contributed by atoms with Crippen LogP contribution in [0.3, 0.4) is 0 Å². The van der Waals surface area contributed by atoms with Crippen LogP contribution in [0.5, 0.6) is 0 Å². The largest absolute Gasteiger partial charge is 0.0716 e. The summed E-state index contributed by atoms with van der Waals surface area (Å²) in [5.74, 6) is 1.63. The van der Waals surface area contributed by atoms with Crippen molar-refractivity contribution in [3.63, 3.8) is 0 Å². The third-order valence-electron chi connectivity index (χ3n) is 3.76. The molecular weight excluding hydrogens is 179 g/mol. The highest BCUT2D eigenvalue weighted by Gasteiger charge is 2.22. The van der Waals surface area contributed by atoms with Crippen molar-refractivity contribution in [3.05, 3.63) is 35.4 Å². The van der Waals surface area contributed by atoms with E-state index in [1.165, 1.54) is 36.8 Å². The van der Waals surface area contributed by atoms with Crippen molar-refractivity contribution < 1.29 is 0 Å². The van der Waals surface area contributed by atoms with Gasteiger partial charge in [-0.1, -0.05) is 62.3 Å². The zero-order valence-corrected chi connectivity index (χ0v) is 9.58. The average molecular weight is 198 g/mol. The normalized spacial score (nSPS) is 26.5. The zero-order valence-electron chi connectivity index (χ0n) is 9.58. The van der Waals surface area contributed by atoms with Crippen LogP contribution in [0.15, 0.2) is 24.3 Å². The quantitative estimate of drug-likeness (QED) is 0.636. The van der Waals surface area contributed by atoms with E-state index in [9.17, 15) is 0 Å². The van der Waals surface area contributed by atoms with Gasteiger partial charge in [0.05, 0.1) is 7.85 Å². The fourth-order valence-electron chi connectivity index (χ4n) is 2.71. The van der Waals surface area contributed by atoms with Crippen LogP contribution < -0.4 is 0 Å². The van der Waals surface area contributed by atoms with Gasteiger partial charge in [0.25, 0.3) is 0 Å². The molecule has 1 aromatic rings. The first-order chi connectivity index (χ1) is 7.31. The highest BCUT2D eigenvalue weighted by atomic mass is 14.3. The predicted molar refractivity (Wildman–Crippen MR) is 66.3 cm³/mol. The number of benzene rings is 1. The van der Waals surface area contributed by atoms with Gasteiger partial charge in [-0.15, -0.1) is 0 Å². The van der Waals surface area contributed by atoms with Crippen LogP contribution in [0.2, 0.25) is 0 Å². The average Bonchev–Trinajstić information content (AvgIpc) is 2.30. The van der Waals surface area contributed by atoms with Crippen molar-refractivity contribution in [2.75, 3.05) is 0 Å². The number of hydrogen-bond acceptors (Lipinski definition) is 0.